The third kappa shape index (κ3) is 9.83. The van der Waals surface area contributed by atoms with Crippen molar-refractivity contribution in [2.75, 3.05) is 6.61 Å². The van der Waals surface area contributed by atoms with Gasteiger partial charge in [-0.2, -0.15) is 0 Å². The molecule has 0 fully saturated rings. The number of carboxylic acids is 1. The number of nitrogens with one attached hydrogen (secondary N) is 3. The summed E-state index contributed by atoms with van der Waals surface area (Å²) in [5.74, 6) is -3.36. The second-order valence-electron chi connectivity index (χ2n) is 9.50. The van der Waals surface area contributed by atoms with Crippen molar-refractivity contribution < 1.29 is 34.5 Å². The Labute approximate surface area is 221 Å². The molecule has 2 rings (SSSR count). The summed E-state index contributed by atoms with van der Waals surface area (Å²) in [6.45, 7) is 2.90. The van der Waals surface area contributed by atoms with Crippen molar-refractivity contribution >= 4 is 23.7 Å². The number of phenols is 1. The number of rotatable bonds is 14. The van der Waals surface area contributed by atoms with E-state index < -0.39 is 54.5 Å². The minimum absolute atomic E-state index is 0.00155. The largest absolute Gasteiger partial charge is 0.508 e. The van der Waals surface area contributed by atoms with Gasteiger partial charge in [-0.3, -0.25) is 14.4 Å². The predicted molar refractivity (Wildman–Crippen MR) is 140 cm³/mol. The Morgan fingerprint density at radius 3 is 1.84 bits per heavy atom. The van der Waals surface area contributed by atoms with E-state index in [9.17, 15) is 34.5 Å². The van der Waals surface area contributed by atoms with Gasteiger partial charge in [0.15, 0.2) is 0 Å². The van der Waals surface area contributed by atoms with Crippen LogP contribution in [0.1, 0.15) is 31.4 Å². The van der Waals surface area contributed by atoms with Crippen LogP contribution in [0.2, 0.25) is 0 Å². The van der Waals surface area contributed by atoms with Crippen LogP contribution in [0, 0.1) is 5.92 Å². The van der Waals surface area contributed by atoms with E-state index in [4.69, 9.17) is 5.73 Å². The van der Waals surface area contributed by atoms with Crippen LogP contribution < -0.4 is 21.7 Å². The normalized spacial score (nSPS) is 14.1. The molecule has 0 radical (unpaired) electrons. The average Bonchev–Trinajstić information content (AvgIpc) is 2.87. The standard InChI is InChI=1S/C27H36N4O7/c1-16(2)12-22(27(37)38)30-25(35)21(14-17-6-4-3-5-7-17)29-26(36)23(15-32)31-24(34)20(28)13-18-8-10-19(33)11-9-18/h3-11,16,20-23,32-33H,12-15,28H2,1-2H3,(H,29,36)(H,30,35)(H,31,34)(H,37,38). The van der Waals surface area contributed by atoms with Gasteiger partial charge in [0, 0.05) is 6.42 Å². The second-order valence-corrected chi connectivity index (χ2v) is 9.50. The van der Waals surface area contributed by atoms with Crippen molar-refractivity contribution in [3.63, 3.8) is 0 Å². The van der Waals surface area contributed by atoms with Gasteiger partial charge >= 0.3 is 5.97 Å². The van der Waals surface area contributed by atoms with E-state index >= 15 is 0 Å². The van der Waals surface area contributed by atoms with Crippen LogP contribution in [-0.4, -0.2) is 69.8 Å². The topological polar surface area (TPSA) is 191 Å². The molecule has 11 nitrogen and oxygen atoms in total. The maximum absolute atomic E-state index is 13.1. The second kappa shape index (κ2) is 14.7. The molecule has 11 heteroatoms. The Balaban J connectivity index is 2.11. The van der Waals surface area contributed by atoms with Crippen molar-refractivity contribution in [1.82, 2.24) is 16.0 Å². The lowest BCUT2D eigenvalue weighted by Gasteiger charge is -2.25. The van der Waals surface area contributed by atoms with Crippen LogP contribution in [0.4, 0.5) is 0 Å². The van der Waals surface area contributed by atoms with Crippen LogP contribution in [0.25, 0.3) is 0 Å². The molecule has 206 valence electrons. The molecule has 4 atom stereocenters. The lowest BCUT2D eigenvalue weighted by atomic mass is 10.0. The van der Waals surface area contributed by atoms with Gasteiger partial charge in [-0.15, -0.1) is 0 Å². The van der Waals surface area contributed by atoms with Gasteiger partial charge < -0.3 is 37.0 Å². The maximum atomic E-state index is 13.1. The molecule has 2 aromatic carbocycles. The van der Waals surface area contributed by atoms with Crippen molar-refractivity contribution in [3.8, 4) is 5.75 Å². The molecule has 0 saturated heterocycles. The Morgan fingerprint density at radius 1 is 0.763 bits per heavy atom. The summed E-state index contributed by atoms with van der Waals surface area (Å²) in [5, 5.41) is 36.1. The summed E-state index contributed by atoms with van der Waals surface area (Å²) < 4.78 is 0. The zero-order chi connectivity index (χ0) is 28.2. The number of amides is 3. The van der Waals surface area contributed by atoms with Crippen molar-refractivity contribution in [1.29, 1.82) is 0 Å². The zero-order valence-electron chi connectivity index (χ0n) is 21.5. The Kier molecular flexibility index (Phi) is 11.7. The highest BCUT2D eigenvalue weighted by molar-refractivity contribution is 5.94. The summed E-state index contributed by atoms with van der Waals surface area (Å²) in [4.78, 5) is 50.3. The molecule has 4 unspecified atom stereocenters. The number of aliphatic hydroxyl groups is 1. The van der Waals surface area contributed by atoms with Gasteiger partial charge in [0.25, 0.3) is 0 Å². The molecule has 0 aliphatic rings. The molecule has 0 bridgehead atoms. The average molecular weight is 529 g/mol. The number of nitrogens with two attached hydrogens (primary N) is 1. The molecule has 2 aromatic rings. The van der Waals surface area contributed by atoms with E-state index in [1.165, 1.54) is 12.1 Å². The number of aliphatic hydroxyl groups excluding tert-OH is 1. The number of carbonyl (C=O) groups is 4. The fraction of sp³-hybridized carbons (Fsp3) is 0.407. The Hall–Kier alpha value is -3.96. The van der Waals surface area contributed by atoms with E-state index in [1.807, 2.05) is 13.8 Å². The minimum Gasteiger partial charge on any atom is -0.508 e. The first-order valence-electron chi connectivity index (χ1n) is 12.3. The first kappa shape index (κ1) is 30.3. The molecule has 0 aliphatic heterocycles. The summed E-state index contributed by atoms with van der Waals surface area (Å²) >= 11 is 0. The van der Waals surface area contributed by atoms with Gasteiger partial charge in [0.1, 0.15) is 23.9 Å². The van der Waals surface area contributed by atoms with Gasteiger partial charge in [-0.1, -0.05) is 56.3 Å². The number of carboxylic acid groups (broad SMARTS) is 1. The number of hydrogen-bond donors (Lipinski definition) is 7. The molecule has 0 saturated carbocycles. The van der Waals surface area contributed by atoms with E-state index in [2.05, 4.69) is 16.0 Å². The maximum Gasteiger partial charge on any atom is 0.326 e. The monoisotopic (exact) mass is 528 g/mol. The lowest BCUT2D eigenvalue weighted by Crippen LogP contribution is -2.58. The quantitative estimate of drug-likeness (QED) is 0.179. The third-order valence-corrected chi connectivity index (χ3v) is 5.78. The lowest BCUT2D eigenvalue weighted by molar-refractivity contribution is -0.142. The Morgan fingerprint density at radius 2 is 1.29 bits per heavy atom. The summed E-state index contributed by atoms with van der Waals surface area (Å²) in [7, 11) is 0. The number of hydrogen-bond acceptors (Lipinski definition) is 7. The highest BCUT2D eigenvalue weighted by atomic mass is 16.4. The summed E-state index contributed by atoms with van der Waals surface area (Å²) in [6, 6.07) is 10.2. The minimum atomic E-state index is -1.40. The fourth-order valence-corrected chi connectivity index (χ4v) is 3.75. The zero-order valence-corrected chi connectivity index (χ0v) is 21.5. The van der Waals surface area contributed by atoms with Gasteiger partial charge in [0.2, 0.25) is 17.7 Å². The Bertz CT molecular complexity index is 1080. The van der Waals surface area contributed by atoms with Crippen LogP contribution in [0.3, 0.4) is 0 Å². The van der Waals surface area contributed by atoms with Crippen molar-refractivity contribution in [3.05, 3.63) is 65.7 Å². The first-order valence-corrected chi connectivity index (χ1v) is 12.3. The van der Waals surface area contributed by atoms with E-state index in [0.717, 1.165) is 0 Å². The summed E-state index contributed by atoms with van der Waals surface area (Å²) in [5.41, 5.74) is 7.35. The van der Waals surface area contributed by atoms with Crippen molar-refractivity contribution in [2.24, 2.45) is 11.7 Å². The van der Waals surface area contributed by atoms with Crippen molar-refractivity contribution in [2.45, 2.75) is 57.3 Å². The number of aromatic hydroxyl groups is 1. The van der Waals surface area contributed by atoms with Crippen LogP contribution in [0.5, 0.6) is 5.75 Å². The first-order chi connectivity index (χ1) is 18.0. The number of phenolic OH excluding ortho intramolecular Hbond substituents is 1. The molecule has 0 heterocycles. The van der Waals surface area contributed by atoms with Gasteiger partial charge in [0.05, 0.1) is 12.6 Å². The van der Waals surface area contributed by atoms with E-state index in [1.54, 1.807) is 42.5 Å². The van der Waals surface area contributed by atoms with E-state index in [0.29, 0.717) is 11.1 Å². The fourth-order valence-electron chi connectivity index (χ4n) is 3.75. The SMILES string of the molecule is CC(C)CC(NC(=O)C(Cc1ccccc1)NC(=O)C(CO)NC(=O)C(N)Cc1ccc(O)cc1)C(=O)O. The van der Waals surface area contributed by atoms with Gasteiger partial charge in [-0.05, 0) is 42.0 Å². The van der Waals surface area contributed by atoms with Gasteiger partial charge in [-0.25, -0.2) is 4.79 Å². The molecule has 0 aliphatic carbocycles. The number of aliphatic carboxylic acids is 1. The predicted octanol–water partition coefficient (Wildman–Crippen LogP) is 0.0821. The van der Waals surface area contributed by atoms with E-state index in [-0.39, 0.29) is 30.9 Å². The third-order valence-electron chi connectivity index (χ3n) is 5.78. The highest BCUT2D eigenvalue weighted by Gasteiger charge is 2.30. The molecule has 0 aromatic heterocycles. The molecule has 8 N–H and O–H groups in total. The number of benzene rings is 2. The number of carbonyl (C=O) groups excluding carboxylic acids is 3. The smallest absolute Gasteiger partial charge is 0.326 e. The molecular weight excluding hydrogens is 492 g/mol. The highest BCUT2D eigenvalue weighted by Crippen LogP contribution is 2.11. The summed E-state index contributed by atoms with van der Waals surface area (Å²) in [6.07, 6.45) is 0.373. The van der Waals surface area contributed by atoms with Crippen LogP contribution in [0.15, 0.2) is 54.6 Å². The molecule has 3 amide bonds. The molecule has 38 heavy (non-hydrogen) atoms. The van der Waals surface area contributed by atoms with Crippen LogP contribution in [-0.2, 0) is 32.0 Å². The van der Waals surface area contributed by atoms with Crippen LogP contribution >= 0.6 is 0 Å². The molecular formula is C27H36N4O7. The molecule has 0 spiro atoms.